The summed E-state index contributed by atoms with van der Waals surface area (Å²) < 4.78 is 18.1. The van der Waals surface area contributed by atoms with Crippen LogP contribution in [0, 0.1) is 5.82 Å². The van der Waals surface area contributed by atoms with Gasteiger partial charge in [-0.15, -0.1) is 0 Å². The van der Waals surface area contributed by atoms with Crippen LogP contribution in [-0.2, 0) is 0 Å². The number of ether oxygens (including phenoxy) is 1. The van der Waals surface area contributed by atoms with E-state index >= 15 is 0 Å². The molecule has 0 heterocycles. The van der Waals surface area contributed by atoms with Crippen LogP contribution in [0.5, 0.6) is 5.75 Å². The summed E-state index contributed by atoms with van der Waals surface area (Å²) in [4.78, 5) is 11.9. The third kappa shape index (κ3) is 4.00. The van der Waals surface area contributed by atoms with Crippen molar-refractivity contribution in [2.75, 3.05) is 20.2 Å². The van der Waals surface area contributed by atoms with Gasteiger partial charge in [0.15, 0.2) is 0 Å². The van der Waals surface area contributed by atoms with Crippen LogP contribution in [0.15, 0.2) is 18.2 Å². The molecule has 0 saturated carbocycles. The van der Waals surface area contributed by atoms with Crippen LogP contribution in [0.2, 0.25) is 0 Å². The topological polar surface area (TPSA) is 50.4 Å². The lowest BCUT2D eigenvalue weighted by molar-refractivity contribution is 0.0946. The Morgan fingerprint density at radius 3 is 2.83 bits per heavy atom. The van der Waals surface area contributed by atoms with Crippen LogP contribution >= 0.6 is 0 Å². The maximum absolute atomic E-state index is 13.1. The Hall–Kier alpha value is -1.62. The van der Waals surface area contributed by atoms with Crippen molar-refractivity contribution in [3.8, 4) is 5.75 Å². The number of carbonyl (C=O) groups is 1. The van der Waals surface area contributed by atoms with Crippen molar-refractivity contribution >= 4 is 5.91 Å². The van der Waals surface area contributed by atoms with Crippen molar-refractivity contribution in [1.82, 2.24) is 10.6 Å². The molecule has 0 saturated heterocycles. The SMILES string of the molecule is CCN[C@H](C)CNC(=O)c1cc(F)ccc1OC. The summed E-state index contributed by atoms with van der Waals surface area (Å²) in [5.74, 6) is -0.429. The Labute approximate surface area is 107 Å². The minimum absolute atomic E-state index is 0.165. The van der Waals surface area contributed by atoms with E-state index in [9.17, 15) is 9.18 Å². The van der Waals surface area contributed by atoms with Gasteiger partial charge in [-0.2, -0.15) is 0 Å². The molecule has 1 atom stereocenters. The molecule has 1 amide bonds. The molecule has 0 unspecified atom stereocenters. The first-order valence-corrected chi connectivity index (χ1v) is 5.93. The second-order valence-corrected chi connectivity index (χ2v) is 4.01. The van der Waals surface area contributed by atoms with E-state index in [-0.39, 0.29) is 17.5 Å². The van der Waals surface area contributed by atoms with Gasteiger partial charge in [0, 0.05) is 12.6 Å². The smallest absolute Gasteiger partial charge is 0.255 e. The van der Waals surface area contributed by atoms with Gasteiger partial charge >= 0.3 is 0 Å². The Bertz CT molecular complexity index is 410. The number of methoxy groups -OCH3 is 1. The third-order valence-electron chi connectivity index (χ3n) is 2.53. The summed E-state index contributed by atoms with van der Waals surface area (Å²) in [7, 11) is 1.45. The van der Waals surface area contributed by atoms with E-state index in [1.54, 1.807) is 0 Å². The predicted molar refractivity (Wildman–Crippen MR) is 68.4 cm³/mol. The van der Waals surface area contributed by atoms with Crippen LogP contribution in [0.3, 0.4) is 0 Å². The minimum Gasteiger partial charge on any atom is -0.496 e. The second kappa shape index (κ2) is 6.96. The predicted octanol–water partition coefficient (Wildman–Crippen LogP) is 1.56. The van der Waals surface area contributed by atoms with Crippen molar-refractivity contribution in [2.24, 2.45) is 0 Å². The Balaban J connectivity index is 2.68. The fourth-order valence-corrected chi connectivity index (χ4v) is 1.62. The quantitative estimate of drug-likeness (QED) is 0.810. The molecule has 5 heteroatoms. The molecular formula is C13H19FN2O2. The Morgan fingerprint density at radius 1 is 1.50 bits per heavy atom. The maximum atomic E-state index is 13.1. The molecule has 0 aromatic heterocycles. The van der Waals surface area contributed by atoms with E-state index < -0.39 is 5.82 Å². The first kappa shape index (κ1) is 14.4. The summed E-state index contributed by atoms with van der Waals surface area (Å²) in [5.41, 5.74) is 0.209. The van der Waals surface area contributed by atoms with Crippen molar-refractivity contribution in [3.63, 3.8) is 0 Å². The van der Waals surface area contributed by atoms with Crippen molar-refractivity contribution in [1.29, 1.82) is 0 Å². The van der Waals surface area contributed by atoms with Gasteiger partial charge in [0.05, 0.1) is 12.7 Å². The number of nitrogens with one attached hydrogen (secondary N) is 2. The van der Waals surface area contributed by atoms with Crippen molar-refractivity contribution in [2.45, 2.75) is 19.9 Å². The molecule has 0 fully saturated rings. The standard InChI is InChI=1S/C13H19FN2O2/c1-4-15-9(2)8-16-13(17)11-7-10(14)5-6-12(11)18-3/h5-7,9,15H,4,8H2,1-3H3,(H,16,17)/t9-/m1/s1. The van der Waals surface area contributed by atoms with Gasteiger partial charge in [-0.25, -0.2) is 4.39 Å². The molecule has 1 aromatic carbocycles. The number of hydrogen-bond acceptors (Lipinski definition) is 3. The number of amides is 1. The van der Waals surface area contributed by atoms with Gasteiger partial charge in [-0.1, -0.05) is 6.92 Å². The number of hydrogen-bond donors (Lipinski definition) is 2. The lowest BCUT2D eigenvalue weighted by Crippen LogP contribution is -2.38. The average Bonchev–Trinajstić information content (AvgIpc) is 2.36. The average molecular weight is 254 g/mol. The number of benzene rings is 1. The normalized spacial score (nSPS) is 12.0. The highest BCUT2D eigenvalue weighted by molar-refractivity contribution is 5.96. The van der Waals surface area contributed by atoms with Gasteiger partial charge in [-0.3, -0.25) is 4.79 Å². The highest BCUT2D eigenvalue weighted by Crippen LogP contribution is 2.18. The van der Waals surface area contributed by atoms with Crippen LogP contribution < -0.4 is 15.4 Å². The molecule has 0 spiro atoms. The summed E-state index contributed by atoms with van der Waals surface area (Å²) in [6, 6.07) is 4.04. The zero-order chi connectivity index (χ0) is 13.5. The molecule has 0 bridgehead atoms. The fraction of sp³-hybridized carbons (Fsp3) is 0.462. The Morgan fingerprint density at radius 2 is 2.22 bits per heavy atom. The summed E-state index contributed by atoms with van der Waals surface area (Å²) in [6.07, 6.45) is 0. The largest absolute Gasteiger partial charge is 0.496 e. The first-order chi connectivity index (χ1) is 8.58. The van der Waals surface area contributed by atoms with Gasteiger partial charge in [0.2, 0.25) is 0 Å². The molecule has 1 aromatic rings. The molecule has 0 aliphatic heterocycles. The number of likely N-dealkylation sites (N-methyl/N-ethyl adjacent to an activating group) is 1. The van der Waals surface area contributed by atoms with Crippen LogP contribution in [-0.4, -0.2) is 32.1 Å². The first-order valence-electron chi connectivity index (χ1n) is 5.93. The van der Waals surface area contributed by atoms with E-state index in [0.717, 1.165) is 6.54 Å². The van der Waals surface area contributed by atoms with E-state index in [1.165, 1.54) is 25.3 Å². The van der Waals surface area contributed by atoms with Gasteiger partial charge in [0.25, 0.3) is 5.91 Å². The van der Waals surface area contributed by atoms with E-state index in [1.807, 2.05) is 13.8 Å². The Kier molecular flexibility index (Phi) is 5.58. The second-order valence-electron chi connectivity index (χ2n) is 4.01. The molecule has 0 aliphatic carbocycles. The zero-order valence-electron chi connectivity index (χ0n) is 10.9. The molecule has 0 aliphatic rings. The van der Waals surface area contributed by atoms with Crippen LogP contribution in [0.25, 0.3) is 0 Å². The summed E-state index contributed by atoms with van der Waals surface area (Å²) >= 11 is 0. The highest BCUT2D eigenvalue weighted by atomic mass is 19.1. The molecule has 4 nitrogen and oxygen atoms in total. The van der Waals surface area contributed by atoms with E-state index in [4.69, 9.17) is 4.74 Å². The molecule has 1 rings (SSSR count). The summed E-state index contributed by atoms with van der Waals surface area (Å²) in [6.45, 7) is 5.27. The molecule has 18 heavy (non-hydrogen) atoms. The van der Waals surface area contributed by atoms with E-state index in [2.05, 4.69) is 10.6 Å². The van der Waals surface area contributed by atoms with Crippen molar-refractivity contribution in [3.05, 3.63) is 29.6 Å². The molecular weight excluding hydrogens is 235 g/mol. The molecule has 2 N–H and O–H groups in total. The number of rotatable bonds is 6. The maximum Gasteiger partial charge on any atom is 0.255 e. The van der Waals surface area contributed by atoms with Crippen LogP contribution in [0.4, 0.5) is 4.39 Å². The lowest BCUT2D eigenvalue weighted by Gasteiger charge is -2.14. The third-order valence-corrected chi connectivity index (χ3v) is 2.53. The van der Waals surface area contributed by atoms with Gasteiger partial charge in [-0.05, 0) is 31.7 Å². The highest BCUT2D eigenvalue weighted by Gasteiger charge is 2.13. The number of carbonyl (C=O) groups excluding carboxylic acids is 1. The van der Waals surface area contributed by atoms with E-state index in [0.29, 0.717) is 12.3 Å². The molecule has 0 radical (unpaired) electrons. The number of halogens is 1. The van der Waals surface area contributed by atoms with Crippen molar-refractivity contribution < 1.29 is 13.9 Å². The van der Waals surface area contributed by atoms with Gasteiger partial charge < -0.3 is 15.4 Å². The van der Waals surface area contributed by atoms with Gasteiger partial charge in [0.1, 0.15) is 11.6 Å². The van der Waals surface area contributed by atoms with Crippen LogP contribution in [0.1, 0.15) is 24.2 Å². The fourth-order valence-electron chi connectivity index (χ4n) is 1.62. The minimum atomic E-state index is -0.458. The summed E-state index contributed by atoms with van der Waals surface area (Å²) in [5, 5.41) is 5.91. The lowest BCUT2D eigenvalue weighted by atomic mass is 10.1. The zero-order valence-corrected chi connectivity index (χ0v) is 10.9. The molecule has 100 valence electrons. The monoisotopic (exact) mass is 254 g/mol.